The van der Waals surface area contributed by atoms with Crippen molar-refractivity contribution in [3.63, 3.8) is 0 Å². The molecule has 23 heavy (non-hydrogen) atoms. The summed E-state index contributed by atoms with van der Waals surface area (Å²) in [5, 5.41) is 3.43. The van der Waals surface area contributed by atoms with Crippen LogP contribution in [0.2, 0.25) is 0 Å². The second kappa shape index (κ2) is 6.48. The minimum Gasteiger partial charge on any atom is -0.354 e. The van der Waals surface area contributed by atoms with Crippen molar-refractivity contribution in [2.45, 2.75) is 65.0 Å². The van der Waals surface area contributed by atoms with Crippen LogP contribution in [0.5, 0.6) is 0 Å². The van der Waals surface area contributed by atoms with Crippen LogP contribution < -0.4 is 5.32 Å². The maximum atomic E-state index is 13.3. The molecular formula is C18H27N3O2. The average Bonchev–Trinajstić information content (AvgIpc) is 2.94. The summed E-state index contributed by atoms with van der Waals surface area (Å²) >= 11 is 0. The summed E-state index contributed by atoms with van der Waals surface area (Å²) < 4.78 is 0. The predicted molar refractivity (Wildman–Crippen MR) is 90.0 cm³/mol. The first-order valence-corrected chi connectivity index (χ1v) is 8.80. The van der Waals surface area contributed by atoms with E-state index < -0.39 is 0 Å². The van der Waals surface area contributed by atoms with E-state index in [9.17, 15) is 9.59 Å². The standard InChI is InChI=1S/C18H27N3O2/c1-4-5-15-16(12(3)22)11(2)20-17(15)18(23)21-13-6-7-14(21)10-19-9-8-13/h13-14,19-20H,4-10H2,1-3H3. The molecule has 2 fully saturated rings. The Morgan fingerprint density at radius 3 is 2.65 bits per heavy atom. The number of nitrogens with zero attached hydrogens (tertiary/aromatic N) is 1. The third kappa shape index (κ3) is 2.82. The number of hydrogen-bond donors (Lipinski definition) is 2. The van der Waals surface area contributed by atoms with Gasteiger partial charge in [0.2, 0.25) is 0 Å². The Bertz CT molecular complexity index is 606. The number of aromatic amines is 1. The second-order valence-corrected chi connectivity index (χ2v) is 6.87. The highest BCUT2D eigenvalue weighted by Gasteiger charge is 2.39. The van der Waals surface area contributed by atoms with E-state index in [0.717, 1.165) is 62.0 Å². The van der Waals surface area contributed by atoms with E-state index in [2.05, 4.69) is 22.1 Å². The van der Waals surface area contributed by atoms with Gasteiger partial charge in [-0.25, -0.2) is 0 Å². The first-order chi connectivity index (χ1) is 11.0. The molecule has 2 atom stereocenters. The summed E-state index contributed by atoms with van der Waals surface area (Å²) in [7, 11) is 0. The minimum atomic E-state index is 0.0433. The van der Waals surface area contributed by atoms with Crippen LogP contribution in [0.1, 0.15) is 71.6 Å². The number of rotatable bonds is 4. The summed E-state index contributed by atoms with van der Waals surface area (Å²) in [6.07, 6.45) is 4.88. The molecule has 1 aromatic heterocycles. The fraction of sp³-hybridized carbons (Fsp3) is 0.667. The average molecular weight is 317 g/mol. The summed E-state index contributed by atoms with van der Waals surface area (Å²) in [4.78, 5) is 30.6. The lowest BCUT2D eigenvalue weighted by molar-refractivity contribution is 0.0673. The van der Waals surface area contributed by atoms with Crippen LogP contribution in [0, 0.1) is 6.92 Å². The lowest BCUT2D eigenvalue weighted by Gasteiger charge is -2.28. The molecule has 2 aliphatic heterocycles. The molecule has 2 unspecified atom stereocenters. The fourth-order valence-electron chi connectivity index (χ4n) is 4.28. The molecule has 5 heteroatoms. The van der Waals surface area contributed by atoms with Crippen molar-refractivity contribution < 1.29 is 9.59 Å². The Labute approximate surface area is 137 Å². The van der Waals surface area contributed by atoms with Gasteiger partial charge >= 0.3 is 0 Å². The Hall–Kier alpha value is -1.62. The van der Waals surface area contributed by atoms with Gasteiger partial charge in [0.05, 0.1) is 0 Å². The maximum absolute atomic E-state index is 13.3. The van der Waals surface area contributed by atoms with Crippen molar-refractivity contribution in [2.75, 3.05) is 13.1 Å². The van der Waals surface area contributed by atoms with E-state index in [-0.39, 0.29) is 17.7 Å². The van der Waals surface area contributed by atoms with E-state index in [0.29, 0.717) is 11.7 Å². The van der Waals surface area contributed by atoms with Gasteiger partial charge in [0, 0.05) is 29.9 Å². The number of amides is 1. The van der Waals surface area contributed by atoms with E-state index in [1.807, 2.05) is 6.92 Å². The number of hydrogen-bond acceptors (Lipinski definition) is 3. The third-order valence-corrected chi connectivity index (χ3v) is 5.25. The lowest BCUT2D eigenvalue weighted by Crippen LogP contribution is -2.43. The van der Waals surface area contributed by atoms with Crippen molar-refractivity contribution in [3.05, 3.63) is 22.5 Å². The van der Waals surface area contributed by atoms with Gasteiger partial charge in [-0.1, -0.05) is 13.3 Å². The SMILES string of the molecule is CCCc1c(C(=O)N2C3CCNCC2CC3)[nH]c(C)c1C(C)=O. The maximum Gasteiger partial charge on any atom is 0.271 e. The van der Waals surface area contributed by atoms with Crippen LogP contribution in [-0.4, -0.2) is 46.7 Å². The number of carbonyl (C=O) groups excluding carboxylic acids is 2. The summed E-state index contributed by atoms with van der Waals surface area (Å²) in [5.74, 6) is 0.127. The Morgan fingerprint density at radius 1 is 1.22 bits per heavy atom. The zero-order chi connectivity index (χ0) is 16.6. The van der Waals surface area contributed by atoms with Gasteiger partial charge in [-0.15, -0.1) is 0 Å². The van der Waals surface area contributed by atoms with Crippen LogP contribution in [0.25, 0.3) is 0 Å². The van der Waals surface area contributed by atoms with E-state index in [1.165, 1.54) is 0 Å². The topological polar surface area (TPSA) is 65.2 Å². The predicted octanol–water partition coefficient (Wildman–Crippen LogP) is 2.44. The highest BCUT2D eigenvalue weighted by atomic mass is 16.2. The molecular weight excluding hydrogens is 290 g/mol. The van der Waals surface area contributed by atoms with Gasteiger partial charge in [0.15, 0.2) is 5.78 Å². The van der Waals surface area contributed by atoms with Gasteiger partial charge in [-0.2, -0.15) is 0 Å². The minimum absolute atomic E-state index is 0.0433. The number of nitrogens with one attached hydrogen (secondary N) is 2. The van der Waals surface area contributed by atoms with Crippen LogP contribution >= 0.6 is 0 Å². The first-order valence-electron chi connectivity index (χ1n) is 8.80. The van der Waals surface area contributed by atoms with Gasteiger partial charge in [-0.05, 0) is 51.6 Å². The summed E-state index contributed by atoms with van der Waals surface area (Å²) in [6, 6.07) is 0.621. The summed E-state index contributed by atoms with van der Waals surface area (Å²) in [5.41, 5.74) is 3.10. The molecule has 1 amide bonds. The van der Waals surface area contributed by atoms with E-state index >= 15 is 0 Å². The Morgan fingerprint density at radius 2 is 1.96 bits per heavy atom. The Kier molecular flexibility index (Phi) is 4.57. The largest absolute Gasteiger partial charge is 0.354 e. The molecule has 2 aliphatic rings. The lowest BCUT2D eigenvalue weighted by atomic mass is 10.0. The number of aryl methyl sites for hydroxylation is 1. The van der Waals surface area contributed by atoms with Crippen LogP contribution in [0.3, 0.4) is 0 Å². The van der Waals surface area contributed by atoms with Crippen LogP contribution in [0.15, 0.2) is 0 Å². The van der Waals surface area contributed by atoms with Crippen molar-refractivity contribution in [1.82, 2.24) is 15.2 Å². The van der Waals surface area contributed by atoms with Crippen molar-refractivity contribution in [1.29, 1.82) is 0 Å². The van der Waals surface area contributed by atoms with Gasteiger partial charge < -0.3 is 15.2 Å². The zero-order valence-corrected chi connectivity index (χ0v) is 14.4. The van der Waals surface area contributed by atoms with Crippen molar-refractivity contribution >= 4 is 11.7 Å². The number of carbonyl (C=O) groups is 2. The highest BCUT2D eigenvalue weighted by Crippen LogP contribution is 2.31. The van der Waals surface area contributed by atoms with Gasteiger partial charge in [0.25, 0.3) is 5.91 Å². The quantitative estimate of drug-likeness (QED) is 0.838. The fourth-order valence-corrected chi connectivity index (χ4v) is 4.28. The first kappa shape index (κ1) is 16.2. The molecule has 2 saturated heterocycles. The molecule has 0 aromatic carbocycles. The van der Waals surface area contributed by atoms with E-state index in [4.69, 9.17) is 0 Å². The second-order valence-electron chi connectivity index (χ2n) is 6.87. The molecule has 0 radical (unpaired) electrons. The zero-order valence-electron chi connectivity index (χ0n) is 14.4. The normalized spacial score (nSPS) is 23.9. The molecule has 5 nitrogen and oxygen atoms in total. The van der Waals surface area contributed by atoms with Gasteiger partial charge in [-0.3, -0.25) is 9.59 Å². The van der Waals surface area contributed by atoms with Crippen LogP contribution in [-0.2, 0) is 6.42 Å². The molecule has 3 heterocycles. The smallest absolute Gasteiger partial charge is 0.271 e. The monoisotopic (exact) mass is 317 g/mol. The van der Waals surface area contributed by atoms with Gasteiger partial charge in [0.1, 0.15) is 5.69 Å². The third-order valence-electron chi connectivity index (χ3n) is 5.25. The van der Waals surface area contributed by atoms with Crippen molar-refractivity contribution in [2.24, 2.45) is 0 Å². The number of fused-ring (bicyclic) bond motifs is 2. The molecule has 0 saturated carbocycles. The van der Waals surface area contributed by atoms with Crippen molar-refractivity contribution in [3.8, 4) is 0 Å². The van der Waals surface area contributed by atoms with E-state index in [1.54, 1.807) is 6.92 Å². The number of ketones is 1. The highest BCUT2D eigenvalue weighted by molar-refractivity contribution is 6.03. The molecule has 0 spiro atoms. The molecule has 3 rings (SSSR count). The summed E-state index contributed by atoms with van der Waals surface area (Å²) in [6.45, 7) is 7.42. The number of Topliss-reactive ketones (excluding diaryl/α,β-unsaturated/α-hetero) is 1. The molecule has 126 valence electrons. The Balaban J connectivity index is 1.99. The number of H-pyrrole nitrogens is 1. The van der Waals surface area contributed by atoms with Crippen LogP contribution in [0.4, 0.5) is 0 Å². The molecule has 2 bridgehead atoms. The molecule has 0 aliphatic carbocycles. The molecule has 1 aromatic rings. The molecule has 2 N–H and O–H groups in total. The number of aromatic nitrogens is 1.